The lowest BCUT2D eigenvalue weighted by Gasteiger charge is -2.23. The summed E-state index contributed by atoms with van der Waals surface area (Å²) in [6.07, 6.45) is 3.10. The highest BCUT2D eigenvalue weighted by molar-refractivity contribution is 5.81. The molecule has 0 aliphatic carbocycles. The van der Waals surface area contributed by atoms with Crippen molar-refractivity contribution in [3.05, 3.63) is 35.6 Å². The van der Waals surface area contributed by atoms with Gasteiger partial charge in [0.05, 0.1) is 6.04 Å². The van der Waals surface area contributed by atoms with Gasteiger partial charge in [-0.05, 0) is 38.0 Å². The fourth-order valence-electron chi connectivity index (χ4n) is 2.15. The highest BCUT2D eigenvalue weighted by Crippen LogP contribution is 2.20. The molecule has 3 nitrogen and oxygen atoms in total. The number of carbonyl (C=O) groups excluding carboxylic acids is 1. The second-order valence-corrected chi connectivity index (χ2v) is 5.03. The summed E-state index contributed by atoms with van der Waals surface area (Å²) >= 11 is 0. The first-order valence-electron chi connectivity index (χ1n) is 7.37. The predicted molar refractivity (Wildman–Crippen MR) is 79.9 cm³/mol. The molecule has 0 fully saturated rings. The Morgan fingerprint density at radius 1 is 1.25 bits per heavy atom. The first kappa shape index (κ1) is 16.6. The van der Waals surface area contributed by atoms with E-state index < -0.39 is 0 Å². The van der Waals surface area contributed by atoms with Crippen molar-refractivity contribution in [3.63, 3.8) is 0 Å². The van der Waals surface area contributed by atoms with Gasteiger partial charge in [-0.3, -0.25) is 10.1 Å². The van der Waals surface area contributed by atoms with Crippen LogP contribution in [0.4, 0.5) is 4.39 Å². The summed E-state index contributed by atoms with van der Waals surface area (Å²) < 4.78 is 13.0. The van der Waals surface area contributed by atoms with Gasteiger partial charge in [0.2, 0.25) is 5.91 Å². The Balaban J connectivity index is 2.73. The molecule has 4 heteroatoms. The number of hydrogen-bond acceptors (Lipinski definition) is 2. The highest BCUT2D eigenvalue weighted by Gasteiger charge is 2.18. The summed E-state index contributed by atoms with van der Waals surface area (Å²) in [7, 11) is 0. The zero-order valence-corrected chi connectivity index (χ0v) is 12.6. The van der Waals surface area contributed by atoms with Crippen molar-refractivity contribution in [3.8, 4) is 0 Å². The Bertz CT molecular complexity index is 405. The molecule has 1 aromatic rings. The monoisotopic (exact) mass is 280 g/mol. The lowest BCUT2D eigenvalue weighted by molar-refractivity contribution is -0.122. The molecule has 20 heavy (non-hydrogen) atoms. The minimum atomic E-state index is -0.262. The van der Waals surface area contributed by atoms with Crippen LogP contribution in [-0.4, -0.2) is 18.5 Å². The highest BCUT2D eigenvalue weighted by atomic mass is 19.1. The van der Waals surface area contributed by atoms with Crippen LogP contribution < -0.4 is 10.6 Å². The van der Waals surface area contributed by atoms with Gasteiger partial charge in [-0.25, -0.2) is 4.39 Å². The van der Waals surface area contributed by atoms with E-state index in [1.54, 1.807) is 12.1 Å². The molecule has 0 heterocycles. The van der Waals surface area contributed by atoms with Gasteiger partial charge in [0, 0.05) is 12.6 Å². The molecular weight excluding hydrogens is 255 g/mol. The van der Waals surface area contributed by atoms with E-state index in [0.29, 0.717) is 6.54 Å². The van der Waals surface area contributed by atoms with E-state index in [2.05, 4.69) is 17.6 Å². The Kier molecular flexibility index (Phi) is 7.23. The van der Waals surface area contributed by atoms with E-state index in [-0.39, 0.29) is 23.8 Å². The summed E-state index contributed by atoms with van der Waals surface area (Å²) in [6.45, 7) is 6.52. The Morgan fingerprint density at radius 2 is 1.90 bits per heavy atom. The van der Waals surface area contributed by atoms with Crippen LogP contribution in [0.5, 0.6) is 0 Å². The zero-order chi connectivity index (χ0) is 15.0. The number of halogens is 1. The fourth-order valence-corrected chi connectivity index (χ4v) is 2.15. The third-order valence-electron chi connectivity index (χ3n) is 3.31. The molecule has 112 valence electrons. The number of benzene rings is 1. The van der Waals surface area contributed by atoms with Gasteiger partial charge in [-0.2, -0.15) is 0 Å². The molecule has 0 aromatic heterocycles. The molecule has 1 amide bonds. The van der Waals surface area contributed by atoms with Gasteiger partial charge in [0.15, 0.2) is 0 Å². The fraction of sp³-hybridized carbons (Fsp3) is 0.562. The minimum absolute atomic E-state index is 0.00360. The lowest BCUT2D eigenvalue weighted by atomic mass is 10.00. The maximum absolute atomic E-state index is 13.0. The first-order valence-corrected chi connectivity index (χ1v) is 7.37. The van der Waals surface area contributed by atoms with Crippen molar-refractivity contribution < 1.29 is 9.18 Å². The van der Waals surface area contributed by atoms with Crippen molar-refractivity contribution in [2.24, 2.45) is 0 Å². The van der Waals surface area contributed by atoms with Crippen LogP contribution in [0.15, 0.2) is 24.3 Å². The average molecular weight is 280 g/mol. The third kappa shape index (κ3) is 5.29. The van der Waals surface area contributed by atoms with Gasteiger partial charge < -0.3 is 5.32 Å². The largest absolute Gasteiger partial charge is 0.355 e. The molecule has 0 bridgehead atoms. The maximum atomic E-state index is 13.0. The quantitative estimate of drug-likeness (QED) is 0.768. The number of nitrogens with one attached hydrogen (secondary N) is 2. The molecular formula is C16H25FN2O. The molecule has 2 atom stereocenters. The topological polar surface area (TPSA) is 41.1 Å². The van der Waals surface area contributed by atoms with Gasteiger partial charge in [-0.15, -0.1) is 0 Å². The summed E-state index contributed by atoms with van der Waals surface area (Å²) in [6, 6.07) is 6.31. The van der Waals surface area contributed by atoms with Crippen LogP contribution in [0.25, 0.3) is 0 Å². The number of rotatable bonds is 8. The van der Waals surface area contributed by atoms with Crippen molar-refractivity contribution in [2.45, 2.75) is 52.1 Å². The second-order valence-electron chi connectivity index (χ2n) is 5.03. The molecule has 1 aromatic carbocycles. The van der Waals surface area contributed by atoms with E-state index in [1.165, 1.54) is 12.1 Å². The maximum Gasteiger partial charge on any atom is 0.236 e. The van der Waals surface area contributed by atoms with E-state index in [1.807, 2.05) is 13.8 Å². The number of likely N-dealkylation sites (N-methyl/N-ethyl adjacent to an activating group) is 1. The van der Waals surface area contributed by atoms with Crippen LogP contribution in [0.1, 0.15) is 51.6 Å². The van der Waals surface area contributed by atoms with E-state index >= 15 is 0 Å². The summed E-state index contributed by atoms with van der Waals surface area (Å²) in [5.74, 6) is -0.240. The molecule has 1 rings (SSSR count). The minimum Gasteiger partial charge on any atom is -0.355 e. The van der Waals surface area contributed by atoms with Crippen molar-refractivity contribution in [2.75, 3.05) is 6.54 Å². The van der Waals surface area contributed by atoms with Crippen molar-refractivity contribution >= 4 is 5.91 Å². The van der Waals surface area contributed by atoms with Crippen LogP contribution in [-0.2, 0) is 4.79 Å². The van der Waals surface area contributed by atoms with Crippen molar-refractivity contribution in [1.29, 1.82) is 0 Å². The summed E-state index contributed by atoms with van der Waals surface area (Å²) in [5.41, 5.74) is 1.02. The molecule has 0 saturated heterocycles. The molecule has 0 saturated carbocycles. The van der Waals surface area contributed by atoms with Crippen LogP contribution in [0.3, 0.4) is 0 Å². The van der Waals surface area contributed by atoms with Gasteiger partial charge >= 0.3 is 0 Å². The van der Waals surface area contributed by atoms with Crippen LogP contribution in [0, 0.1) is 5.82 Å². The lowest BCUT2D eigenvalue weighted by Crippen LogP contribution is -2.43. The Labute approximate surface area is 121 Å². The van der Waals surface area contributed by atoms with E-state index in [0.717, 1.165) is 24.8 Å². The summed E-state index contributed by atoms with van der Waals surface area (Å²) in [5, 5.41) is 6.14. The number of amides is 1. The van der Waals surface area contributed by atoms with E-state index in [4.69, 9.17) is 0 Å². The SMILES string of the molecule is CCCCC(NC(C)C(=O)NCC)c1ccc(F)cc1. The average Bonchev–Trinajstić information content (AvgIpc) is 2.44. The van der Waals surface area contributed by atoms with E-state index in [9.17, 15) is 9.18 Å². The smallest absolute Gasteiger partial charge is 0.236 e. The van der Waals surface area contributed by atoms with Crippen LogP contribution in [0.2, 0.25) is 0 Å². The third-order valence-corrected chi connectivity index (χ3v) is 3.31. The summed E-state index contributed by atoms with van der Waals surface area (Å²) in [4.78, 5) is 11.8. The molecule has 0 spiro atoms. The standard InChI is InChI=1S/C16H25FN2O/c1-4-6-7-15(13-8-10-14(17)11-9-13)19-12(3)16(20)18-5-2/h8-12,15,19H,4-7H2,1-3H3,(H,18,20). The molecule has 0 radical (unpaired) electrons. The number of hydrogen-bond donors (Lipinski definition) is 2. The molecule has 0 aliphatic rings. The second kappa shape index (κ2) is 8.69. The first-order chi connectivity index (χ1) is 9.58. The molecule has 2 unspecified atom stereocenters. The zero-order valence-electron chi connectivity index (χ0n) is 12.6. The van der Waals surface area contributed by atoms with Gasteiger partial charge in [0.1, 0.15) is 5.82 Å². The molecule has 2 N–H and O–H groups in total. The van der Waals surface area contributed by atoms with Crippen LogP contribution >= 0.6 is 0 Å². The van der Waals surface area contributed by atoms with Crippen molar-refractivity contribution in [1.82, 2.24) is 10.6 Å². The Morgan fingerprint density at radius 3 is 2.45 bits per heavy atom. The molecule has 0 aliphatic heterocycles. The van der Waals surface area contributed by atoms with Gasteiger partial charge in [0.25, 0.3) is 0 Å². The predicted octanol–water partition coefficient (Wildman–Crippen LogP) is 3.17. The number of unbranched alkanes of at least 4 members (excludes halogenated alkanes) is 1. The van der Waals surface area contributed by atoms with Gasteiger partial charge in [-0.1, -0.05) is 31.9 Å². The number of carbonyl (C=O) groups is 1. The normalized spacial score (nSPS) is 13.8. The Hall–Kier alpha value is -1.42.